The lowest BCUT2D eigenvalue weighted by Gasteiger charge is -2.24. The van der Waals surface area contributed by atoms with Gasteiger partial charge in [-0.3, -0.25) is 0 Å². The van der Waals surface area contributed by atoms with Gasteiger partial charge in [-0.25, -0.2) is 0 Å². The number of benzene rings is 1. The number of hydrogen-bond donors (Lipinski definition) is 2. The van der Waals surface area contributed by atoms with Gasteiger partial charge in [0.2, 0.25) is 0 Å². The molecule has 1 saturated heterocycles. The fourth-order valence-electron chi connectivity index (χ4n) is 2.53. The maximum atomic E-state index is 10.5. The summed E-state index contributed by atoms with van der Waals surface area (Å²) in [5.74, 6) is 1.24. The van der Waals surface area contributed by atoms with Crippen molar-refractivity contribution in [3.8, 4) is 11.5 Å². The molecule has 0 saturated carbocycles. The molecule has 100 valence electrons. The first kappa shape index (κ1) is 13.2. The second kappa shape index (κ2) is 4.81. The molecule has 0 radical (unpaired) electrons. The van der Waals surface area contributed by atoms with E-state index in [0.717, 1.165) is 36.3 Å². The van der Waals surface area contributed by atoms with Crippen LogP contribution in [-0.2, 0) is 5.41 Å². The van der Waals surface area contributed by atoms with Crippen LogP contribution >= 0.6 is 0 Å². The maximum Gasteiger partial charge on any atom is 0.124 e. The average Bonchev–Trinajstić information content (AvgIpc) is 2.81. The van der Waals surface area contributed by atoms with Crippen LogP contribution in [0.25, 0.3) is 0 Å². The number of phenols is 1. The van der Waals surface area contributed by atoms with Gasteiger partial charge in [-0.1, -0.05) is 20.8 Å². The quantitative estimate of drug-likeness (QED) is 0.846. The second-order valence-corrected chi connectivity index (χ2v) is 6.01. The average molecular weight is 249 g/mol. The van der Waals surface area contributed by atoms with Gasteiger partial charge in [-0.2, -0.15) is 0 Å². The predicted octanol–water partition coefficient (Wildman–Crippen LogP) is 3.12. The van der Waals surface area contributed by atoms with E-state index < -0.39 is 0 Å². The van der Waals surface area contributed by atoms with Crippen molar-refractivity contribution < 1.29 is 9.84 Å². The smallest absolute Gasteiger partial charge is 0.124 e. The standard InChI is InChI=1S/C15H23NO2/c1-15(2,3)12-9-10(18-4)8-11(14(12)17)13-6-5-7-16-13/h8-9,13,16-17H,5-7H2,1-4H3. The molecule has 0 amide bonds. The highest BCUT2D eigenvalue weighted by Gasteiger charge is 2.26. The van der Waals surface area contributed by atoms with Crippen LogP contribution in [0.1, 0.15) is 50.8 Å². The molecule has 2 rings (SSSR count). The number of hydrogen-bond acceptors (Lipinski definition) is 3. The molecule has 18 heavy (non-hydrogen) atoms. The molecule has 3 heteroatoms. The van der Waals surface area contributed by atoms with Crippen LogP contribution in [0.5, 0.6) is 11.5 Å². The third kappa shape index (κ3) is 2.46. The zero-order chi connectivity index (χ0) is 13.3. The van der Waals surface area contributed by atoms with Crippen molar-refractivity contribution in [2.24, 2.45) is 0 Å². The summed E-state index contributed by atoms with van der Waals surface area (Å²) >= 11 is 0. The van der Waals surface area contributed by atoms with Gasteiger partial charge < -0.3 is 15.2 Å². The minimum Gasteiger partial charge on any atom is -0.507 e. The third-order valence-electron chi connectivity index (χ3n) is 3.59. The van der Waals surface area contributed by atoms with Gasteiger partial charge in [0.05, 0.1) is 7.11 Å². The monoisotopic (exact) mass is 249 g/mol. The van der Waals surface area contributed by atoms with Crippen LogP contribution in [0.2, 0.25) is 0 Å². The summed E-state index contributed by atoms with van der Waals surface area (Å²) < 4.78 is 5.37. The molecule has 0 bridgehead atoms. The summed E-state index contributed by atoms with van der Waals surface area (Å²) in [7, 11) is 1.67. The summed E-state index contributed by atoms with van der Waals surface area (Å²) in [6, 6.07) is 4.14. The molecule has 2 N–H and O–H groups in total. The minimum absolute atomic E-state index is 0.0913. The highest BCUT2D eigenvalue weighted by atomic mass is 16.5. The normalized spacial score (nSPS) is 20.1. The first-order valence-electron chi connectivity index (χ1n) is 6.58. The zero-order valence-corrected chi connectivity index (χ0v) is 11.7. The largest absolute Gasteiger partial charge is 0.507 e. The van der Waals surface area contributed by atoms with Crippen molar-refractivity contribution in [2.75, 3.05) is 13.7 Å². The Hall–Kier alpha value is -1.22. The third-order valence-corrected chi connectivity index (χ3v) is 3.59. The Labute approximate surface area is 109 Å². The number of rotatable bonds is 2. The van der Waals surface area contributed by atoms with Crippen LogP contribution in [0.3, 0.4) is 0 Å². The Balaban J connectivity index is 2.51. The van der Waals surface area contributed by atoms with Crippen LogP contribution in [0.15, 0.2) is 12.1 Å². The zero-order valence-electron chi connectivity index (χ0n) is 11.7. The highest BCUT2D eigenvalue weighted by Crippen LogP contribution is 2.40. The van der Waals surface area contributed by atoms with Crippen molar-refractivity contribution in [1.82, 2.24) is 5.32 Å². The molecule has 1 unspecified atom stereocenters. The van der Waals surface area contributed by atoms with E-state index in [4.69, 9.17) is 4.74 Å². The van der Waals surface area contributed by atoms with Gasteiger partial charge in [-0.05, 0) is 36.9 Å². The van der Waals surface area contributed by atoms with Gasteiger partial charge in [-0.15, -0.1) is 0 Å². The summed E-state index contributed by atoms with van der Waals surface area (Å²) in [5, 5.41) is 13.9. The number of ether oxygens (including phenoxy) is 1. The summed E-state index contributed by atoms with van der Waals surface area (Å²) in [4.78, 5) is 0. The summed E-state index contributed by atoms with van der Waals surface area (Å²) in [5.41, 5.74) is 1.83. The fraction of sp³-hybridized carbons (Fsp3) is 0.600. The molecule has 3 nitrogen and oxygen atoms in total. The Morgan fingerprint density at radius 1 is 1.33 bits per heavy atom. The van der Waals surface area contributed by atoms with E-state index in [-0.39, 0.29) is 11.5 Å². The first-order valence-corrected chi connectivity index (χ1v) is 6.58. The molecular weight excluding hydrogens is 226 g/mol. The Morgan fingerprint density at radius 2 is 2.06 bits per heavy atom. The van der Waals surface area contributed by atoms with Crippen LogP contribution in [0.4, 0.5) is 0 Å². The predicted molar refractivity (Wildman–Crippen MR) is 73.3 cm³/mol. The minimum atomic E-state index is -0.0913. The molecule has 1 aliphatic heterocycles. The van der Waals surface area contributed by atoms with Gasteiger partial charge in [0.25, 0.3) is 0 Å². The summed E-state index contributed by atoms with van der Waals surface area (Å²) in [6.45, 7) is 7.33. The van der Waals surface area contributed by atoms with Crippen LogP contribution in [0, 0.1) is 0 Å². The summed E-state index contributed by atoms with van der Waals surface area (Å²) in [6.07, 6.45) is 2.23. The molecule has 1 aromatic carbocycles. The fourth-order valence-corrected chi connectivity index (χ4v) is 2.53. The van der Waals surface area contributed by atoms with Gasteiger partial charge in [0.1, 0.15) is 11.5 Å². The van der Waals surface area contributed by atoms with E-state index in [1.165, 1.54) is 0 Å². The van der Waals surface area contributed by atoms with E-state index in [0.29, 0.717) is 5.75 Å². The number of methoxy groups -OCH3 is 1. The van der Waals surface area contributed by atoms with E-state index >= 15 is 0 Å². The van der Waals surface area contributed by atoms with Crippen LogP contribution in [-0.4, -0.2) is 18.8 Å². The highest BCUT2D eigenvalue weighted by molar-refractivity contribution is 5.50. The number of aromatic hydroxyl groups is 1. The van der Waals surface area contributed by atoms with Crippen molar-refractivity contribution in [2.45, 2.75) is 45.1 Å². The van der Waals surface area contributed by atoms with Gasteiger partial charge in [0, 0.05) is 17.2 Å². The van der Waals surface area contributed by atoms with Crippen molar-refractivity contribution >= 4 is 0 Å². The van der Waals surface area contributed by atoms with E-state index in [2.05, 4.69) is 26.1 Å². The topological polar surface area (TPSA) is 41.5 Å². The molecule has 1 atom stereocenters. The van der Waals surface area contributed by atoms with E-state index in [1.807, 2.05) is 12.1 Å². The SMILES string of the molecule is COc1cc(C2CCCN2)c(O)c(C(C)(C)C)c1. The molecule has 0 aliphatic carbocycles. The lowest BCUT2D eigenvalue weighted by molar-refractivity contribution is 0.399. The molecule has 1 fully saturated rings. The Kier molecular flexibility index (Phi) is 3.53. The molecular formula is C15H23NO2. The Morgan fingerprint density at radius 3 is 2.56 bits per heavy atom. The maximum absolute atomic E-state index is 10.5. The molecule has 1 aliphatic rings. The molecule has 1 aromatic rings. The molecule has 0 spiro atoms. The van der Waals surface area contributed by atoms with E-state index in [9.17, 15) is 5.11 Å². The number of phenolic OH excluding ortho intramolecular Hbond substituents is 1. The lowest BCUT2D eigenvalue weighted by atomic mass is 9.84. The van der Waals surface area contributed by atoms with Gasteiger partial charge >= 0.3 is 0 Å². The first-order chi connectivity index (χ1) is 8.43. The van der Waals surface area contributed by atoms with E-state index in [1.54, 1.807) is 7.11 Å². The second-order valence-electron chi connectivity index (χ2n) is 6.01. The van der Waals surface area contributed by atoms with Crippen molar-refractivity contribution in [3.05, 3.63) is 23.3 Å². The number of nitrogens with one attached hydrogen (secondary N) is 1. The molecule has 1 heterocycles. The van der Waals surface area contributed by atoms with Gasteiger partial charge in [0.15, 0.2) is 0 Å². The van der Waals surface area contributed by atoms with Crippen LogP contribution < -0.4 is 10.1 Å². The molecule has 0 aromatic heterocycles. The Bertz CT molecular complexity index is 429. The van der Waals surface area contributed by atoms with Crippen molar-refractivity contribution in [1.29, 1.82) is 0 Å². The van der Waals surface area contributed by atoms with Crippen molar-refractivity contribution in [3.63, 3.8) is 0 Å². The lowest BCUT2D eigenvalue weighted by Crippen LogP contribution is -2.17.